The molecule has 0 aliphatic rings. The van der Waals surface area contributed by atoms with E-state index in [1.807, 2.05) is 0 Å². The van der Waals surface area contributed by atoms with Crippen molar-refractivity contribution in [2.75, 3.05) is 6.61 Å². The molecule has 0 aliphatic heterocycles. The van der Waals surface area contributed by atoms with Gasteiger partial charge in [0.15, 0.2) is 0 Å². The van der Waals surface area contributed by atoms with Crippen LogP contribution in [-0.2, 0) is 12.8 Å². The summed E-state index contributed by atoms with van der Waals surface area (Å²) in [5, 5.41) is 10.9. The molecule has 0 saturated carbocycles. The highest BCUT2D eigenvalue weighted by atomic mass is 32.1. The number of hydrogen-bond acceptors (Lipinski definition) is 3. The monoisotopic (exact) mass is 185 g/mol. The maximum absolute atomic E-state index is 8.78. The predicted molar refractivity (Wildman–Crippen MR) is 52.5 cm³/mol. The lowest BCUT2D eigenvalue weighted by atomic mass is 10.1. The Morgan fingerprint density at radius 1 is 1.67 bits per heavy atom. The first-order chi connectivity index (χ1) is 5.77. The molecule has 1 unspecified atom stereocenters. The van der Waals surface area contributed by atoms with Crippen molar-refractivity contribution in [3.05, 3.63) is 21.9 Å². The zero-order valence-corrected chi connectivity index (χ0v) is 8.10. The summed E-state index contributed by atoms with van der Waals surface area (Å²) in [6.07, 6.45) is 1.86. The van der Waals surface area contributed by atoms with Gasteiger partial charge in [0.2, 0.25) is 0 Å². The number of nitrogens with two attached hydrogens (primary N) is 1. The summed E-state index contributed by atoms with van der Waals surface area (Å²) < 4.78 is 0. The summed E-state index contributed by atoms with van der Waals surface area (Å²) >= 11 is 1.73. The van der Waals surface area contributed by atoms with Crippen LogP contribution in [0.1, 0.15) is 17.4 Å². The van der Waals surface area contributed by atoms with E-state index in [0.717, 1.165) is 12.8 Å². The van der Waals surface area contributed by atoms with Gasteiger partial charge in [0.1, 0.15) is 0 Å². The normalized spacial score (nSPS) is 13.2. The Bertz CT molecular complexity index is 234. The minimum atomic E-state index is -0.103. The standard InChI is InChI=1S/C9H15NOS/c1-2-7-3-4-12-9(7)5-8(10)6-11/h3-4,8,11H,2,5-6,10H2,1H3. The second-order valence-electron chi connectivity index (χ2n) is 2.87. The van der Waals surface area contributed by atoms with E-state index < -0.39 is 0 Å². The molecule has 1 heterocycles. The van der Waals surface area contributed by atoms with E-state index in [2.05, 4.69) is 18.4 Å². The quantitative estimate of drug-likeness (QED) is 0.739. The van der Waals surface area contributed by atoms with Gasteiger partial charge in [0.05, 0.1) is 6.61 Å². The summed E-state index contributed by atoms with van der Waals surface area (Å²) in [5.41, 5.74) is 7.01. The van der Waals surface area contributed by atoms with E-state index >= 15 is 0 Å². The molecule has 0 bridgehead atoms. The minimum absolute atomic E-state index is 0.0705. The minimum Gasteiger partial charge on any atom is -0.395 e. The van der Waals surface area contributed by atoms with Crippen molar-refractivity contribution in [3.8, 4) is 0 Å². The molecule has 3 N–H and O–H groups in total. The fourth-order valence-electron chi connectivity index (χ4n) is 1.16. The van der Waals surface area contributed by atoms with Gasteiger partial charge < -0.3 is 10.8 Å². The Kier molecular flexibility index (Phi) is 3.72. The molecule has 1 aromatic heterocycles. The van der Waals surface area contributed by atoms with Crippen molar-refractivity contribution >= 4 is 11.3 Å². The van der Waals surface area contributed by atoms with Crippen molar-refractivity contribution in [2.24, 2.45) is 5.73 Å². The number of aryl methyl sites for hydroxylation is 1. The second-order valence-corrected chi connectivity index (χ2v) is 3.87. The Balaban J connectivity index is 2.61. The Morgan fingerprint density at radius 2 is 2.42 bits per heavy atom. The van der Waals surface area contributed by atoms with Crippen molar-refractivity contribution in [2.45, 2.75) is 25.8 Å². The van der Waals surface area contributed by atoms with Crippen molar-refractivity contribution in [3.63, 3.8) is 0 Å². The summed E-state index contributed by atoms with van der Waals surface area (Å²) in [4.78, 5) is 1.32. The summed E-state index contributed by atoms with van der Waals surface area (Å²) in [6, 6.07) is 2.03. The Labute approximate surface area is 77.0 Å². The van der Waals surface area contributed by atoms with Gasteiger partial charge in [-0.25, -0.2) is 0 Å². The fourth-order valence-corrected chi connectivity index (χ4v) is 2.23. The first-order valence-corrected chi connectivity index (χ1v) is 5.07. The van der Waals surface area contributed by atoms with Crippen LogP contribution in [0, 0.1) is 0 Å². The molecule has 0 aromatic carbocycles. The van der Waals surface area contributed by atoms with E-state index in [4.69, 9.17) is 10.8 Å². The van der Waals surface area contributed by atoms with Crippen LogP contribution in [0.2, 0.25) is 0 Å². The van der Waals surface area contributed by atoms with Crippen LogP contribution in [0.4, 0.5) is 0 Å². The highest BCUT2D eigenvalue weighted by Gasteiger charge is 2.06. The first kappa shape index (κ1) is 9.71. The maximum Gasteiger partial charge on any atom is 0.0586 e. The molecule has 1 aromatic rings. The van der Waals surface area contributed by atoms with Crippen molar-refractivity contribution < 1.29 is 5.11 Å². The smallest absolute Gasteiger partial charge is 0.0586 e. The van der Waals surface area contributed by atoms with Crippen molar-refractivity contribution in [1.29, 1.82) is 0 Å². The van der Waals surface area contributed by atoms with Gasteiger partial charge in [0, 0.05) is 10.9 Å². The SMILES string of the molecule is CCc1ccsc1CC(N)CO. The van der Waals surface area contributed by atoms with Gasteiger partial charge in [-0.1, -0.05) is 6.92 Å². The van der Waals surface area contributed by atoms with E-state index in [-0.39, 0.29) is 12.6 Å². The lowest BCUT2D eigenvalue weighted by Gasteiger charge is -2.07. The Hall–Kier alpha value is -0.380. The third-order valence-corrected chi connectivity index (χ3v) is 2.89. The second kappa shape index (κ2) is 4.60. The van der Waals surface area contributed by atoms with Crippen LogP contribution in [0.25, 0.3) is 0 Å². The molecule has 12 heavy (non-hydrogen) atoms. The summed E-state index contributed by atoms with van der Waals surface area (Å²) in [7, 11) is 0. The average Bonchev–Trinajstić information content (AvgIpc) is 2.51. The van der Waals surface area contributed by atoms with Gasteiger partial charge >= 0.3 is 0 Å². The number of hydrogen-bond donors (Lipinski definition) is 2. The Morgan fingerprint density at radius 3 is 3.00 bits per heavy atom. The highest BCUT2D eigenvalue weighted by molar-refractivity contribution is 7.10. The zero-order valence-electron chi connectivity index (χ0n) is 7.29. The largest absolute Gasteiger partial charge is 0.395 e. The van der Waals surface area contributed by atoms with E-state index in [9.17, 15) is 0 Å². The molecule has 0 amide bonds. The van der Waals surface area contributed by atoms with Crippen LogP contribution in [0.3, 0.4) is 0 Å². The lowest BCUT2D eigenvalue weighted by Crippen LogP contribution is -2.26. The molecular formula is C9H15NOS. The molecule has 0 aliphatic carbocycles. The van der Waals surface area contributed by atoms with Gasteiger partial charge in [-0.15, -0.1) is 11.3 Å². The van der Waals surface area contributed by atoms with Crippen LogP contribution in [0.15, 0.2) is 11.4 Å². The van der Waals surface area contributed by atoms with E-state index in [0.29, 0.717) is 0 Å². The van der Waals surface area contributed by atoms with Gasteiger partial charge in [0.25, 0.3) is 0 Å². The molecule has 2 nitrogen and oxygen atoms in total. The summed E-state index contributed by atoms with van der Waals surface area (Å²) in [5.74, 6) is 0. The molecule has 0 fully saturated rings. The topological polar surface area (TPSA) is 46.2 Å². The molecule has 3 heteroatoms. The zero-order chi connectivity index (χ0) is 8.97. The molecule has 1 atom stereocenters. The lowest BCUT2D eigenvalue weighted by molar-refractivity contribution is 0.265. The van der Waals surface area contributed by atoms with Crippen LogP contribution in [-0.4, -0.2) is 17.8 Å². The van der Waals surface area contributed by atoms with Crippen LogP contribution >= 0.6 is 11.3 Å². The number of thiophene rings is 1. The van der Waals surface area contributed by atoms with E-state index in [1.165, 1.54) is 10.4 Å². The van der Waals surface area contributed by atoms with Crippen LogP contribution in [0.5, 0.6) is 0 Å². The summed E-state index contributed by atoms with van der Waals surface area (Å²) in [6.45, 7) is 2.21. The van der Waals surface area contributed by atoms with Crippen LogP contribution < -0.4 is 5.73 Å². The average molecular weight is 185 g/mol. The molecule has 1 rings (SSSR count). The number of aliphatic hydroxyl groups is 1. The van der Waals surface area contributed by atoms with Gasteiger partial charge in [-0.3, -0.25) is 0 Å². The van der Waals surface area contributed by atoms with Gasteiger partial charge in [-0.2, -0.15) is 0 Å². The fraction of sp³-hybridized carbons (Fsp3) is 0.556. The molecule has 0 radical (unpaired) electrons. The molecule has 0 spiro atoms. The molecular weight excluding hydrogens is 170 g/mol. The maximum atomic E-state index is 8.78. The third kappa shape index (κ3) is 2.30. The molecule has 0 saturated heterocycles. The highest BCUT2D eigenvalue weighted by Crippen LogP contribution is 2.18. The van der Waals surface area contributed by atoms with Crippen molar-refractivity contribution in [1.82, 2.24) is 0 Å². The van der Waals surface area contributed by atoms with E-state index in [1.54, 1.807) is 11.3 Å². The molecule has 68 valence electrons. The number of rotatable bonds is 4. The first-order valence-electron chi connectivity index (χ1n) is 4.19. The predicted octanol–water partition coefficient (Wildman–Crippen LogP) is 1.17. The van der Waals surface area contributed by atoms with Gasteiger partial charge in [-0.05, 0) is 29.9 Å². The number of aliphatic hydroxyl groups excluding tert-OH is 1. The third-order valence-electron chi connectivity index (χ3n) is 1.90.